The van der Waals surface area contributed by atoms with Crippen LogP contribution in [-0.2, 0) is 17.6 Å². The summed E-state index contributed by atoms with van der Waals surface area (Å²) in [5.74, 6) is 0.553. The number of anilines is 1. The van der Waals surface area contributed by atoms with Crippen molar-refractivity contribution in [3.05, 3.63) is 83.7 Å². The van der Waals surface area contributed by atoms with E-state index >= 15 is 0 Å². The van der Waals surface area contributed by atoms with Gasteiger partial charge in [0.05, 0.1) is 0 Å². The summed E-state index contributed by atoms with van der Waals surface area (Å²) in [5, 5.41) is 3.00. The van der Waals surface area contributed by atoms with Crippen molar-refractivity contribution in [2.24, 2.45) is 0 Å². The number of oxazole rings is 1. The van der Waals surface area contributed by atoms with Crippen LogP contribution in [0.4, 0.5) is 5.69 Å². The van der Waals surface area contributed by atoms with E-state index in [4.69, 9.17) is 4.42 Å². The average molecular weight is 354 g/mol. The van der Waals surface area contributed by atoms with Crippen molar-refractivity contribution >= 4 is 22.7 Å². The number of aromatic nitrogens is 1. The number of nitrogens with one attached hydrogen (secondary N) is 1. The maximum absolute atomic E-state index is 12.4. The molecule has 1 N–H and O–H groups in total. The minimum Gasteiger partial charge on any atom is -0.441 e. The van der Waals surface area contributed by atoms with E-state index < -0.39 is 0 Å². The van der Waals surface area contributed by atoms with Crippen LogP contribution < -0.4 is 5.32 Å². The molecule has 0 saturated carbocycles. The molecule has 1 aromatic heterocycles. The molecule has 0 aliphatic heterocycles. The third-order valence-corrected chi connectivity index (χ3v) is 4.99. The largest absolute Gasteiger partial charge is 0.441 e. The van der Waals surface area contributed by atoms with E-state index in [2.05, 4.69) is 46.7 Å². The van der Waals surface area contributed by atoms with Crippen LogP contribution in [-0.4, -0.2) is 10.9 Å². The van der Waals surface area contributed by atoms with Crippen molar-refractivity contribution in [1.29, 1.82) is 0 Å². The summed E-state index contributed by atoms with van der Waals surface area (Å²) in [5.41, 5.74) is 7.52. The number of aryl methyl sites for hydroxylation is 1. The Bertz CT molecular complexity index is 1130. The van der Waals surface area contributed by atoms with Gasteiger partial charge in [-0.1, -0.05) is 42.5 Å². The van der Waals surface area contributed by atoms with Crippen molar-refractivity contribution in [3.8, 4) is 11.1 Å². The Morgan fingerprint density at radius 3 is 2.70 bits per heavy atom. The number of para-hydroxylation sites is 2. The van der Waals surface area contributed by atoms with E-state index in [1.807, 2.05) is 30.3 Å². The minimum absolute atomic E-state index is 0.0384. The van der Waals surface area contributed by atoms with Crippen molar-refractivity contribution in [2.75, 3.05) is 5.32 Å². The molecule has 0 radical (unpaired) electrons. The van der Waals surface area contributed by atoms with Gasteiger partial charge in [0, 0.05) is 18.5 Å². The fourth-order valence-electron chi connectivity index (χ4n) is 3.67. The van der Waals surface area contributed by atoms with Crippen LogP contribution in [0.25, 0.3) is 22.2 Å². The third kappa shape index (κ3) is 2.99. The first-order valence-corrected chi connectivity index (χ1v) is 9.12. The van der Waals surface area contributed by atoms with E-state index in [1.165, 1.54) is 22.3 Å². The number of fused-ring (bicyclic) bond motifs is 4. The Balaban J connectivity index is 1.28. The summed E-state index contributed by atoms with van der Waals surface area (Å²) < 4.78 is 5.68. The minimum atomic E-state index is -0.0384. The highest BCUT2D eigenvalue weighted by Crippen LogP contribution is 2.37. The molecule has 0 bridgehead atoms. The first-order chi connectivity index (χ1) is 13.3. The first-order valence-electron chi connectivity index (χ1n) is 9.12. The molecule has 132 valence electrons. The summed E-state index contributed by atoms with van der Waals surface area (Å²) in [6.45, 7) is 0. The molecule has 4 nitrogen and oxygen atoms in total. The van der Waals surface area contributed by atoms with Crippen molar-refractivity contribution in [2.45, 2.75) is 19.3 Å². The second-order valence-corrected chi connectivity index (χ2v) is 6.83. The van der Waals surface area contributed by atoms with Crippen LogP contribution in [0, 0.1) is 0 Å². The van der Waals surface area contributed by atoms with Gasteiger partial charge >= 0.3 is 0 Å². The highest BCUT2D eigenvalue weighted by molar-refractivity contribution is 5.92. The lowest BCUT2D eigenvalue weighted by atomic mass is 10.1. The van der Waals surface area contributed by atoms with Gasteiger partial charge in [-0.2, -0.15) is 0 Å². The topological polar surface area (TPSA) is 55.1 Å². The van der Waals surface area contributed by atoms with Gasteiger partial charge in [0.1, 0.15) is 5.52 Å². The van der Waals surface area contributed by atoms with Crippen LogP contribution in [0.1, 0.15) is 23.4 Å². The van der Waals surface area contributed by atoms with Crippen LogP contribution in [0.2, 0.25) is 0 Å². The normalized spacial score (nSPS) is 12.0. The fourth-order valence-corrected chi connectivity index (χ4v) is 3.67. The van der Waals surface area contributed by atoms with Crippen molar-refractivity contribution in [3.63, 3.8) is 0 Å². The second kappa shape index (κ2) is 6.40. The Kier molecular flexibility index (Phi) is 3.75. The molecule has 0 saturated heterocycles. The SMILES string of the molecule is O=C(CCc1nc2ccccc2o1)Nc1ccc2c(c1)-c1ccccc1C2. The summed E-state index contributed by atoms with van der Waals surface area (Å²) in [7, 11) is 0. The fraction of sp³-hybridized carbons (Fsp3) is 0.130. The lowest BCUT2D eigenvalue weighted by Gasteiger charge is -2.07. The van der Waals surface area contributed by atoms with Crippen LogP contribution in [0.3, 0.4) is 0 Å². The zero-order valence-electron chi connectivity index (χ0n) is 14.7. The molecule has 4 heteroatoms. The van der Waals surface area contributed by atoms with E-state index in [9.17, 15) is 4.79 Å². The molecule has 1 heterocycles. The number of hydrogen-bond donors (Lipinski definition) is 1. The van der Waals surface area contributed by atoms with Crippen molar-refractivity contribution < 1.29 is 9.21 Å². The molecule has 5 rings (SSSR count). The summed E-state index contributed by atoms with van der Waals surface area (Å²) in [6, 6.07) is 22.2. The maximum atomic E-state index is 12.4. The van der Waals surface area contributed by atoms with Crippen LogP contribution in [0.5, 0.6) is 0 Å². The van der Waals surface area contributed by atoms with Crippen LogP contribution >= 0.6 is 0 Å². The van der Waals surface area contributed by atoms with Crippen molar-refractivity contribution in [1.82, 2.24) is 4.98 Å². The van der Waals surface area contributed by atoms with E-state index in [-0.39, 0.29) is 5.91 Å². The number of rotatable bonds is 4. The van der Waals surface area contributed by atoms with Gasteiger partial charge in [-0.3, -0.25) is 4.79 Å². The van der Waals surface area contributed by atoms with E-state index in [0.717, 1.165) is 23.2 Å². The smallest absolute Gasteiger partial charge is 0.224 e. The molecule has 1 amide bonds. The van der Waals surface area contributed by atoms with Gasteiger partial charge < -0.3 is 9.73 Å². The molecule has 0 unspecified atom stereocenters. The van der Waals surface area contributed by atoms with Gasteiger partial charge in [-0.15, -0.1) is 0 Å². The van der Waals surface area contributed by atoms with Gasteiger partial charge in [0.15, 0.2) is 11.5 Å². The number of carbonyl (C=O) groups excluding carboxylic acids is 1. The Morgan fingerprint density at radius 2 is 1.78 bits per heavy atom. The quantitative estimate of drug-likeness (QED) is 0.496. The molecule has 0 fully saturated rings. The maximum Gasteiger partial charge on any atom is 0.224 e. The highest BCUT2D eigenvalue weighted by Gasteiger charge is 2.18. The molecule has 27 heavy (non-hydrogen) atoms. The summed E-state index contributed by atoms with van der Waals surface area (Å²) in [6.07, 6.45) is 1.77. The van der Waals surface area contributed by atoms with Gasteiger partial charge in [-0.25, -0.2) is 4.98 Å². The van der Waals surface area contributed by atoms with E-state index in [1.54, 1.807) is 0 Å². The Labute approximate surface area is 156 Å². The lowest BCUT2D eigenvalue weighted by molar-refractivity contribution is -0.116. The molecular weight excluding hydrogens is 336 g/mol. The molecule has 4 aromatic rings. The van der Waals surface area contributed by atoms with Gasteiger partial charge in [0.2, 0.25) is 5.91 Å². The first kappa shape index (κ1) is 15.8. The Hall–Kier alpha value is -3.40. The summed E-state index contributed by atoms with van der Waals surface area (Å²) >= 11 is 0. The number of carbonyl (C=O) groups is 1. The zero-order chi connectivity index (χ0) is 18.2. The monoisotopic (exact) mass is 354 g/mol. The average Bonchev–Trinajstić information content (AvgIpc) is 3.27. The number of benzene rings is 3. The van der Waals surface area contributed by atoms with Gasteiger partial charge in [0.25, 0.3) is 0 Å². The molecular formula is C23H18N2O2. The molecule has 1 aliphatic carbocycles. The third-order valence-electron chi connectivity index (χ3n) is 4.99. The zero-order valence-corrected chi connectivity index (χ0v) is 14.7. The predicted octanol–water partition coefficient (Wildman–Crippen LogP) is 4.97. The lowest BCUT2D eigenvalue weighted by Crippen LogP contribution is -2.12. The number of hydrogen-bond acceptors (Lipinski definition) is 3. The second-order valence-electron chi connectivity index (χ2n) is 6.83. The molecule has 1 aliphatic rings. The number of nitrogens with zero attached hydrogens (tertiary/aromatic N) is 1. The van der Waals surface area contributed by atoms with Crippen LogP contribution in [0.15, 0.2) is 71.1 Å². The molecule has 0 atom stereocenters. The predicted molar refractivity (Wildman–Crippen MR) is 106 cm³/mol. The highest BCUT2D eigenvalue weighted by atomic mass is 16.3. The molecule has 0 spiro atoms. The Morgan fingerprint density at radius 1 is 0.963 bits per heavy atom. The summed E-state index contributed by atoms with van der Waals surface area (Å²) in [4.78, 5) is 16.8. The standard InChI is InChI=1S/C23H18N2O2/c26-22(11-12-23-25-20-7-3-4-8-21(20)27-23)24-17-10-9-16-13-15-5-1-2-6-18(15)19(16)14-17/h1-10,14H,11-13H2,(H,24,26). The van der Waals surface area contributed by atoms with Gasteiger partial charge in [-0.05, 0) is 52.9 Å². The molecule has 3 aromatic carbocycles. The number of amides is 1. The van der Waals surface area contributed by atoms with E-state index in [0.29, 0.717) is 18.7 Å².